The van der Waals surface area contributed by atoms with Crippen molar-refractivity contribution in [3.63, 3.8) is 0 Å². The molecule has 0 aliphatic carbocycles. The van der Waals surface area contributed by atoms with Gasteiger partial charge in [0.05, 0.1) is 12.5 Å². The molecule has 1 amide bonds. The average Bonchev–Trinajstić information content (AvgIpc) is 3.27. The third-order valence-electron chi connectivity index (χ3n) is 5.62. The molecule has 0 aliphatic heterocycles. The van der Waals surface area contributed by atoms with Crippen molar-refractivity contribution < 1.29 is 9.18 Å². The van der Waals surface area contributed by atoms with Gasteiger partial charge in [0.2, 0.25) is 5.91 Å². The predicted octanol–water partition coefficient (Wildman–Crippen LogP) is 5.82. The quantitative estimate of drug-likeness (QED) is 0.311. The van der Waals surface area contributed by atoms with Crippen LogP contribution in [0.1, 0.15) is 41.8 Å². The molecule has 0 saturated carbocycles. The maximum Gasteiger partial charge on any atom is 0.227 e. The van der Waals surface area contributed by atoms with Crippen molar-refractivity contribution in [2.24, 2.45) is 0 Å². The van der Waals surface area contributed by atoms with E-state index < -0.39 is 0 Å². The SMILES string of the molecule is CCC(C(=O)NCc1nnc(SCc2ccc(F)cc2)n1-c1ccc(C)cc1)c1ccccc1. The minimum absolute atomic E-state index is 0.0346. The first-order valence-corrected chi connectivity index (χ1v) is 12.2. The lowest BCUT2D eigenvalue weighted by molar-refractivity contribution is -0.122. The van der Waals surface area contributed by atoms with E-state index in [9.17, 15) is 9.18 Å². The fourth-order valence-corrected chi connectivity index (χ4v) is 4.66. The third kappa shape index (κ3) is 5.72. The Morgan fingerprint density at radius 1 is 1.00 bits per heavy atom. The Kier molecular flexibility index (Phi) is 7.75. The standard InChI is InChI=1S/C27H27FN4OS/c1-3-24(21-7-5-4-6-8-21)26(33)29-17-25-30-31-27(32(25)23-15-9-19(2)10-16-23)34-18-20-11-13-22(28)14-12-20/h4-16,24H,3,17-18H2,1-2H3,(H,29,33). The third-order valence-corrected chi connectivity index (χ3v) is 6.62. The monoisotopic (exact) mass is 474 g/mol. The second kappa shape index (κ2) is 11.1. The molecule has 34 heavy (non-hydrogen) atoms. The summed E-state index contributed by atoms with van der Waals surface area (Å²) in [6.07, 6.45) is 0.708. The van der Waals surface area contributed by atoms with Gasteiger partial charge in [0, 0.05) is 11.4 Å². The van der Waals surface area contributed by atoms with E-state index >= 15 is 0 Å². The van der Waals surface area contributed by atoms with Crippen LogP contribution in [0.3, 0.4) is 0 Å². The predicted molar refractivity (Wildman–Crippen MR) is 133 cm³/mol. The van der Waals surface area contributed by atoms with Crippen molar-refractivity contribution in [2.75, 3.05) is 0 Å². The highest BCUT2D eigenvalue weighted by atomic mass is 32.2. The molecule has 0 spiro atoms. The Morgan fingerprint density at radius 3 is 2.38 bits per heavy atom. The number of nitrogens with one attached hydrogen (secondary N) is 1. The van der Waals surface area contributed by atoms with Gasteiger partial charge in [0.1, 0.15) is 5.82 Å². The largest absolute Gasteiger partial charge is 0.348 e. The molecule has 5 nitrogen and oxygen atoms in total. The van der Waals surface area contributed by atoms with Crippen molar-refractivity contribution in [1.82, 2.24) is 20.1 Å². The Hall–Kier alpha value is -3.45. The molecule has 0 saturated heterocycles. The molecule has 0 fully saturated rings. The highest BCUT2D eigenvalue weighted by Gasteiger charge is 2.20. The number of aryl methyl sites for hydroxylation is 1. The number of carbonyl (C=O) groups excluding carboxylic acids is 1. The molecule has 1 unspecified atom stereocenters. The Labute approximate surface area is 203 Å². The van der Waals surface area contributed by atoms with Crippen LogP contribution in [0, 0.1) is 12.7 Å². The van der Waals surface area contributed by atoms with Gasteiger partial charge in [0.25, 0.3) is 0 Å². The summed E-state index contributed by atoms with van der Waals surface area (Å²) in [5.41, 5.74) is 4.07. The summed E-state index contributed by atoms with van der Waals surface area (Å²) in [5.74, 6) is 0.775. The highest BCUT2D eigenvalue weighted by molar-refractivity contribution is 7.98. The second-order valence-corrected chi connectivity index (χ2v) is 9.02. The molecule has 0 aliphatic rings. The summed E-state index contributed by atoms with van der Waals surface area (Å²) in [6, 6.07) is 24.4. The number of halogens is 1. The van der Waals surface area contributed by atoms with Gasteiger partial charge in [-0.3, -0.25) is 9.36 Å². The van der Waals surface area contributed by atoms with Crippen LogP contribution < -0.4 is 5.32 Å². The molecule has 1 heterocycles. The van der Waals surface area contributed by atoms with Crippen molar-refractivity contribution in [3.8, 4) is 5.69 Å². The molecule has 4 rings (SSSR count). The molecule has 1 N–H and O–H groups in total. The normalized spacial score (nSPS) is 11.9. The van der Waals surface area contributed by atoms with E-state index in [-0.39, 0.29) is 24.2 Å². The molecule has 1 aromatic heterocycles. The number of nitrogens with zero attached hydrogens (tertiary/aromatic N) is 3. The smallest absolute Gasteiger partial charge is 0.227 e. The van der Waals surface area contributed by atoms with Crippen LogP contribution in [0.2, 0.25) is 0 Å². The molecule has 0 bridgehead atoms. The van der Waals surface area contributed by atoms with Gasteiger partial charge < -0.3 is 5.32 Å². The van der Waals surface area contributed by atoms with Crippen molar-refractivity contribution in [3.05, 3.63) is 107 Å². The molecule has 4 aromatic rings. The van der Waals surface area contributed by atoms with Crippen molar-refractivity contribution in [2.45, 2.75) is 43.6 Å². The number of thioether (sulfide) groups is 1. The van der Waals surface area contributed by atoms with E-state index in [2.05, 4.69) is 15.5 Å². The van der Waals surface area contributed by atoms with Crippen LogP contribution in [-0.4, -0.2) is 20.7 Å². The van der Waals surface area contributed by atoms with Crippen LogP contribution >= 0.6 is 11.8 Å². The first-order valence-electron chi connectivity index (χ1n) is 11.3. The number of rotatable bonds is 9. The number of hydrogen-bond donors (Lipinski definition) is 1. The zero-order valence-electron chi connectivity index (χ0n) is 19.2. The Bertz CT molecular complexity index is 1220. The number of aromatic nitrogens is 3. The van der Waals surface area contributed by atoms with E-state index in [0.29, 0.717) is 23.2 Å². The molecule has 3 aromatic carbocycles. The summed E-state index contributed by atoms with van der Waals surface area (Å²) in [6.45, 7) is 4.31. The number of hydrogen-bond acceptors (Lipinski definition) is 4. The number of amides is 1. The molecule has 1 atom stereocenters. The molecule has 7 heteroatoms. The first-order chi connectivity index (χ1) is 16.5. The average molecular weight is 475 g/mol. The molecule has 0 radical (unpaired) electrons. The van der Waals surface area contributed by atoms with Crippen LogP contribution in [0.15, 0.2) is 84.0 Å². The topological polar surface area (TPSA) is 59.8 Å². The van der Waals surface area contributed by atoms with Gasteiger partial charge in [-0.2, -0.15) is 0 Å². The lowest BCUT2D eigenvalue weighted by Crippen LogP contribution is -2.29. The van der Waals surface area contributed by atoms with Crippen LogP contribution in [0.4, 0.5) is 4.39 Å². The van der Waals surface area contributed by atoms with Crippen molar-refractivity contribution in [1.29, 1.82) is 0 Å². The van der Waals surface area contributed by atoms with Crippen LogP contribution in [-0.2, 0) is 17.1 Å². The van der Waals surface area contributed by atoms with Gasteiger partial charge in [-0.1, -0.05) is 78.8 Å². The van der Waals surface area contributed by atoms with Crippen LogP contribution in [0.25, 0.3) is 5.69 Å². The second-order valence-electron chi connectivity index (χ2n) is 8.07. The lowest BCUT2D eigenvalue weighted by atomic mass is 9.96. The van der Waals surface area contributed by atoms with Gasteiger partial charge in [-0.15, -0.1) is 10.2 Å². The highest BCUT2D eigenvalue weighted by Crippen LogP contribution is 2.26. The van der Waals surface area contributed by atoms with Gasteiger partial charge in [-0.25, -0.2) is 4.39 Å². The van der Waals surface area contributed by atoms with Gasteiger partial charge >= 0.3 is 0 Å². The fourth-order valence-electron chi connectivity index (χ4n) is 3.74. The van der Waals surface area contributed by atoms with Crippen LogP contribution in [0.5, 0.6) is 0 Å². The molecule has 174 valence electrons. The summed E-state index contributed by atoms with van der Waals surface area (Å²) in [7, 11) is 0. The summed E-state index contributed by atoms with van der Waals surface area (Å²) in [5, 5.41) is 12.6. The molecular weight excluding hydrogens is 447 g/mol. The maximum atomic E-state index is 13.2. The summed E-state index contributed by atoms with van der Waals surface area (Å²) < 4.78 is 15.2. The number of benzene rings is 3. The number of carbonyl (C=O) groups is 1. The minimum atomic E-state index is -0.254. The zero-order chi connectivity index (χ0) is 23.9. The minimum Gasteiger partial charge on any atom is -0.348 e. The zero-order valence-corrected chi connectivity index (χ0v) is 20.1. The van der Waals surface area contributed by atoms with Gasteiger partial charge in [0.15, 0.2) is 11.0 Å². The first kappa shape index (κ1) is 23.7. The lowest BCUT2D eigenvalue weighted by Gasteiger charge is -2.16. The van der Waals surface area contributed by atoms with E-state index in [1.165, 1.54) is 23.9 Å². The fraction of sp³-hybridized carbons (Fsp3) is 0.222. The summed E-state index contributed by atoms with van der Waals surface area (Å²) in [4.78, 5) is 13.0. The van der Waals surface area contributed by atoms with Gasteiger partial charge in [-0.05, 0) is 48.7 Å². The molecular formula is C27H27FN4OS. The van der Waals surface area contributed by atoms with E-state index in [1.807, 2.05) is 73.0 Å². The van der Waals surface area contributed by atoms with E-state index in [0.717, 1.165) is 22.4 Å². The Balaban J connectivity index is 1.54. The summed E-state index contributed by atoms with van der Waals surface area (Å²) >= 11 is 1.52. The maximum absolute atomic E-state index is 13.2. The van der Waals surface area contributed by atoms with E-state index in [4.69, 9.17) is 0 Å². The van der Waals surface area contributed by atoms with E-state index in [1.54, 1.807) is 12.1 Å². The Morgan fingerprint density at radius 2 is 1.71 bits per heavy atom. The van der Waals surface area contributed by atoms with Crippen molar-refractivity contribution >= 4 is 17.7 Å².